The summed E-state index contributed by atoms with van der Waals surface area (Å²) >= 11 is 0. The summed E-state index contributed by atoms with van der Waals surface area (Å²) in [4.78, 5) is 36.0. The first-order valence-electron chi connectivity index (χ1n) is 11.6. The van der Waals surface area contributed by atoms with Crippen molar-refractivity contribution in [2.45, 2.75) is 26.4 Å². The van der Waals surface area contributed by atoms with E-state index in [0.717, 1.165) is 11.1 Å². The van der Waals surface area contributed by atoms with E-state index in [0.29, 0.717) is 16.8 Å². The van der Waals surface area contributed by atoms with E-state index in [2.05, 4.69) is 27.8 Å². The molecule has 0 saturated carbocycles. The fourth-order valence-corrected chi connectivity index (χ4v) is 3.35. The van der Waals surface area contributed by atoms with Crippen LogP contribution in [0.3, 0.4) is 0 Å². The molecule has 198 valence electrons. The van der Waals surface area contributed by atoms with E-state index in [9.17, 15) is 14.4 Å². The van der Waals surface area contributed by atoms with Gasteiger partial charge in [-0.2, -0.15) is 0 Å². The highest BCUT2D eigenvalue weighted by atomic mass is 16.5. The molecule has 0 aliphatic heterocycles. The van der Waals surface area contributed by atoms with Gasteiger partial charge in [0.05, 0.1) is 6.54 Å². The van der Waals surface area contributed by atoms with Gasteiger partial charge in [0.25, 0.3) is 11.8 Å². The smallest absolute Gasteiger partial charge is 0.267 e. The third-order valence-corrected chi connectivity index (χ3v) is 5.50. The molecule has 0 bridgehead atoms. The van der Waals surface area contributed by atoms with E-state index in [-0.39, 0.29) is 32.5 Å². The van der Waals surface area contributed by atoms with Crippen LogP contribution in [-0.4, -0.2) is 42.1 Å². The summed E-state index contributed by atoms with van der Waals surface area (Å²) in [6.07, 6.45) is 0. The fraction of sp³-hybridized carbons (Fsp3) is 0.207. The molecule has 0 aliphatic carbocycles. The monoisotopic (exact) mass is 515 g/mol. The Morgan fingerprint density at radius 2 is 1.47 bits per heavy atom. The van der Waals surface area contributed by atoms with Gasteiger partial charge in [-0.05, 0) is 61.0 Å². The van der Waals surface area contributed by atoms with Gasteiger partial charge in [-0.3, -0.25) is 19.6 Å². The summed E-state index contributed by atoms with van der Waals surface area (Å²) in [7, 11) is 0. The quantitative estimate of drug-likeness (QED) is 0.147. The van der Waals surface area contributed by atoms with Crippen molar-refractivity contribution in [3.8, 4) is 11.8 Å². The molecule has 7 N–H and O–H groups in total. The van der Waals surface area contributed by atoms with E-state index in [4.69, 9.17) is 10.9 Å². The summed E-state index contributed by atoms with van der Waals surface area (Å²) in [6.45, 7) is 2.04. The van der Waals surface area contributed by atoms with Crippen LogP contribution in [0.15, 0.2) is 78.9 Å². The zero-order chi connectivity index (χ0) is 26.6. The molecule has 3 aromatic carbocycles. The maximum absolute atomic E-state index is 12.3. The molecule has 3 amide bonds. The van der Waals surface area contributed by atoms with Crippen LogP contribution in [0.4, 0.5) is 5.69 Å². The molecular formula is C29H33N5O4. The Hall–Kier alpha value is -4.49. The van der Waals surface area contributed by atoms with Gasteiger partial charge in [0, 0.05) is 35.0 Å². The fourth-order valence-electron chi connectivity index (χ4n) is 3.35. The van der Waals surface area contributed by atoms with E-state index in [1.807, 2.05) is 49.4 Å². The Balaban J connectivity index is 0.00000507. The normalized spacial score (nSPS) is 11.6. The summed E-state index contributed by atoms with van der Waals surface area (Å²) < 4.78 is 0. The molecule has 0 radical (unpaired) electrons. The van der Waals surface area contributed by atoms with Crippen LogP contribution in [0.1, 0.15) is 47.4 Å². The number of carbonyl (C=O) groups excluding carboxylic acids is 3. The van der Waals surface area contributed by atoms with Gasteiger partial charge in [-0.1, -0.05) is 49.6 Å². The molecule has 0 fully saturated rings. The van der Waals surface area contributed by atoms with Gasteiger partial charge in [-0.15, -0.1) is 0 Å². The minimum Gasteiger partial charge on any atom is -0.339 e. The molecule has 0 unspecified atom stereocenters. The number of rotatable bonds is 9. The second kappa shape index (κ2) is 14.9. The number of benzene rings is 3. The summed E-state index contributed by atoms with van der Waals surface area (Å²) in [5.41, 5.74) is 10.5. The summed E-state index contributed by atoms with van der Waals surface area (Å²) in [5.74, 6) is 4.63. The second-order valence-electron chi connectivity index (χ2n) is 8.20. The topological polar surface area (TPSA) is 146 Å². The second-order valence-corrected chi connectivity index (χ2v) is 8.20. The minimum absolute atomic E-state index is 0. The number of hydroxylamine groups is 1. The third-order valence-electron chi connectivity index (χ3n) is 5.50. The first-order valence-corrected chi connectivity index (χ1v) is 11.6. The van der Waals surface area contributed by atoms with Crippen LogP contribution in [0.5, 0.6) is 0 Å². The van der Waals surface area contributed by atoms with Crippen molar-refractivity contribution in [1.82, 2.24) is 16.1 Å². The van der Waals surface area contributed by atoms with E-state index < -0.39 is 17.9 Å². The maximum Gasteiger partial charge on any atom is 0.267 e. The lowest BCUT2D eigenvalue weighted by molar-refractivity contribution is -0.130. The summed E-state index contributed by atoms with van der Waals surface area (Å²) in [6, 6.07) is 22.6. The van der Waals surface area contributed by atoms with Crippen LogP contribution in [-0.2, 0) is 9.59 Å². The van der Waals surface area contributed by atoms with Crippen molar-refractivity contribution >= 4 is 23.4 Å². The lowest BCUT2D eigenvalue weighted by atomic mass is 10.1. The Labute approximate surface area is 222 Å². The number of hydrogen-bond acceptors (Lipinski definition) is 6. The maximum atomic E-state index is 12.3. The molecule has 9 heteroatoms. The lowest BCUT2D eigenvalue weighted by Crippen LogP contribution is -2.50. The molecule has 0 saturated heterocycles. The lowest BCUT2D eigenvalue weighted by Gasteiger charge is -2.14. The molecule has 3 rings (SSSR count). The Kier molecular flexibility index (Phi) is 11.7. The van der Waals surface area contributed by atoms with Gasteiger partial charge in [0.2, 0.25) is 5.91 Å². The zero-order valence-electron chi connectivity index (χ0n) is 20.3. The van der Waals surface area contributed by atoms with E-state index in [1.165, 1.54) is 5.48 Å². The van der Waals surface area contributed by atoms with Crippen LogP contribution in [0.2, 0.25) is 0 Å². The van der Waals surface area contributed by atoms with Crippen molar-refractivity contribution in [3.05, 3.63) is 101 Å². The van der Waals surface area contributed by atoms with Crippen molar-refractivity contribution in [1.29, 1.82) is 0 Å². The summed E-state index contributed by atoms with van der Waals surface area (Å²) in [5, 5.41) is 17.2. The average molecular weight is 516 g/mol. The largest absolute Gasteiger partial charge is 0.339 e. The van der Waals surface area contributed by atoms with Crippen molar-refractivity contribution in [3.63, 3.8) is 0 Å². The Morgan fingerprint density at radius 3 is 2.03 bits per heavy atom. The van der Waals surface area contributed by atoms with Gasteiger partial charge >= 0.3 is 0 Å². The van der Waals surface area contributed by atoms with Gasteiger partial charge < -0.3 is 21.7 Å². The molecule has 2 atom stereocenters. The number of hydrogen-bond donors (Lipinski definition) is 6. The molecule has 3 aromatic rings. The van der Waals surface area contributed by atoms with Gasteiger partial charge in [0.1, 0.15) is 6.04 Å². The molecular weight excluding hydrogens is 482 g/mol. The molecule has 38 heavy (non-hydrogen) atoms. The molecule has 0 heterocycles. The Morgan fingerprint density at radius 1 is 0.895 bits per heavy atom. The first-order chi connectivity index (χ1) is 17.9. The van der Waals surface area contributed by atoms with Crippen molar-refractivity contribution in [2.24, 2.45) is 5.73 Å². The van der Waals surface area contributed by atoms with Crippen LogP contribution < -0.4 is 27.2 Å². The van der Waals surface area contributed by atoms with Crippen LogP contribution >= 0.6 is 0 Å². The standard InChI is InChI=1S/C28H29N5O4.CH4/c1-19(22-5-3-2-4-6-22)30-18-26(34)31-24-15-11-21(12-16-24)8-7-20-9-13-23(14-10-20)27(35)32-25(17-29)28(36)33-37;/h2-6,9-16,19,25,30,37H,17-18,29H2,1H3,(H,31,34)(H,32,35)(H,33,36);1H4/t19-,25+;/m1./s1. The highest BCUT2D eigenvalue weighted by Gasteiger charge is 2.19. The average Bonchev–Trinajstić information content (AvgIpc) is 2.94. The highest BCUT2D eigenvalue weighted by molar-refractivity contribution is 5.97. The molecule has 0 aliphatic rings. The van der Waals surface area contributed by atoms with Gasteiger partial charge in [0.15, 0.2) is 0 Å². The SMILES string of the molecule is C.C[C@@H](NCC(=O)Nc1ccc(C#Cc2ccc(C(=O)N[C@@H](CN)C(=O)NO)cc2)cc1)c1ccccc1. The van der Waals surface area contributed by atoms with Gasteiger partial charge in [-0.25, -0.2) is 5.48 Å². The molecule has 0 spiro atoms. The third kappa shape index (κ3) is 8.87. The number of carbonyl (C=O) groups is 3. The number of amides is 3. The van der Waals surface area contributed by atoms with Crippen LogP contribution in [0.25, 0.3) is 0 Å². The minimum atomic E-state index is -1.04. The van der Waals surface area contributed by atoms with E-state index >= 15 is 0 Å². The number of nitrogens with two attached hydrogens (primary N) is 1. The Bertz CT molecular complexity index is 1270. The molecule has 0 aromatic heterocycles. The highest BCUT2D eigenvalue weighted by Crippen LogP contribution is 2.12. The predicted molar refractivity (Wildman–Crippen MR) is 147 cm³/mol. The van der Waals surface area contributed by atoms with Crippen LogP contribution in [0, 0.1) is 11.8 Å². The van der Waals surface area contributed by atoms with Crippen molar-refractivity contribution in [2.75, 3.05) is 18.4 Å². The van der Waals surface area contributed by atoms with E-state index in [1.54, 1.807) is 36.4 Å². The number of anilines is 1. The zero-order valence-corrected chi connectivity index (χ0v) is 20.3. The molecule has 9 nitrogen and oxygen atoms in total. The number of nitrogens with one attached hydrogen (secondary N) is 4. The first kappa shape index (κ1) is 29.7. The van der Waals surface area contributed by atoms with Crippen molar-refractivity contribution < 1.29 is 19.6 Å². The predicted octanol–water partition coefficient (Wildman–Crippen LogP) is 2.57.